The number of aromatic hydroxyl groups is 2. The molecule has 0 fully saturated rings. The van der Waals surface area contributed by atoms with E-state index in [1.807, 2.05) is 24.3 Å². The molecule has 0 aliphatic carbocycles. The molecule has 2 nitrogen and oxygen atoms in total. The van der Waals surface area contributed by atoms with Crippen LogP contribution in [0.3, 0.4) is 0 Å². The molecular weight excluding hydrogens is 319 g/mol. The lowest BCUT2D eigenvalue weighted by molar-refractivity contribution is 0.474. The van der Waals surface area contributed by atoms with Gasteiger partial charge in [0.25, 0.3) is 0 Å². The highest BCUT2D eigenvalue weighted by molar-refractivity contribution is 6.32. The highest BCUT2D eigenvalue weighted by Gasteiger charge is 2.02. The number of halogens is 2. The summed E-state index contributed by atoms with van der Waals surface area (Å²) in [5.74, 6) is 0.274. The third-order valence-electron chi connectivity index (χ3n) is 3.71. The summed E-state index contributed by atoms with van der Waals surface area (Å²) in [7, 11) is 0. The van der Waals surface area contributed by atoms with Crippen LogP contribution in [0.2, 0.25) is 10.0 Å². The topological polar surface area (TPSA) is 40.5 Å². The van der Waals surface area contributed by atoms with Crippen molar-refractivity contribution in [1.82, 2.24) is 0 Å². The van der Waals surface area contributed by atoms with Crippen molar-refractivity contribution in [3.05, 3.63) is 57.6 Å². The van der Waals surface area contributed by atoms with Crippen molar-refractivity contribution in [3.8, 4) is 11.5 Å². The van der Waals surface area contributed by atoms with Gasteiger partial charge < -0.3 is 10.2 Å². The molecule has 0 radical (unpaired) electrons. The average molecular weight is 339 g/mol. The molecule has 2 rings (SSSR count). The van der Waals surface area contributed by atoms with Crippen molar-refractivity contribution >= 4 is 23.2 Å². The molecule has 0 aromatic heterocycles. The largest absolute Gasteiger partial charge is 0.506 e. The molecule has 118 valence electrons. The van der Waals surface area contributed by atoms with E-state index in [0.29, 0.717) is 10.0 Å². The van der Waals surface area contributed by atoms with Gasteiger partial charge in [-0.3, -0.25) is 0 Å². The second-order valence-corrected chi connectivity index (χ2v) is 6.30. The van der Waals surface area contributed by atoms with Crippen LogP contribution in [0.15, 0.2) is 36.4 Å². The normalized spacial score (nSPS) is 10.8. The number of phenolic OH excluding ortho intramolecular Hbond substituents is 2. The van der Waals surface area contributed by atoms with Gasteiger partial charge in [-0.05, 0) is 61.1 Å². The molecule has 0 aliphatic rings. The lowest BCUT2D eigenvalue weighted by Gasteiger charge is -2.05. The minimum atomic E-state index is 0.137. The van der Waals surface area contributed by atoms with Gasteiger partial charge in [0.2, 0.25) is 0 Å². The summed E-state index contributed by atoms with van der Waals surface area (Å²) in [6.07, 6.45) is 6.49. The Hall–Kier alpha value is -1.38. The fourth-order valence-corrected chi connectivity index (χ4v) is 2.83. The van der Waals surface area contributed by atoms with Crippen molar-refractivity contribution in [2.75, 3.05) is 0 Å². The molecule has 0 unspecified atom stereocenters. The van der Waals surface area contributed by atoms with Crippen LogP contribution < -0.4 is 0 Å². The number of aryl methyl sites for hydroxylation is 2. The molecule has 0 saturated heterocycles. The summed E-state index contributed by atoms with van der Waals surface area (Å²) in [6.45, 7) is 0. The zero-order chi connectivity index (χ0) is 15.9. The molecule has 0 spiro atoms. The molecule has 2 aromatic carbocycles. The molecule has 2 N–H and O–H groups in total. The van der Waals surface area contributed by atoms with E-state index in [2.05, 4.69) is 0 Å². The molecule has 0 atom stereocenters. The third kappa shape index (κ3) is 5.11. The fourth-order valence-electron chi connectivity index (χ4n) is 2.42. The Labute approximate surface area is 141 Å². The second kappa shape index (κ2) is 8.30. The highest BCUT2D eigenvalue weighted by Crippen LogP contribution is 2.25. The van der Waals surface area contributed by atoms with Crippen LogP contribution in [-0.4, -0.2) is 10.2 Å². The number of unbranched alkanes of at least 4 members (excludes halogenated alkanes) is 3. The maximum absolute atomic E-state index is 9.37. The molecule has 22 heavy (non-hydrogen) atoms. The Morgan fingerprint density at radius 2 is 1.05 bits per heavy atom. The van der Waals surface area contributed by atoms with Gasteiger partial charge in [0.05, 0.1) is 10.0 Å². The van der Waals surface area contributed by atoms with Crippen molar-refractivity contribution in [2.24, 2.45) is 0 Å². The van der Waals surface area contributed by atoms with Crippen LogP contribution in [-0.2, 0) is 12.8 Å². The first-order chi connectivity index (χ1) is 10.6. The number of hydrogen-bond donors (Lipinski definition) is 2. The summed E-state index contributed by atoms with van der Waals surface area (Å²) in [5, 5.41) is 19.6. The SMILES string of the molecule is Oc1ccc(CCCCCCc2ccc(O)c(Cl)c2)cc1Cl. The van der Waals surface area contributed by atoms with E-state index >= 15 is 0 Å². The predicted molar refractivity (Wildman–Crippen MR) is 92.1 cm³/mol. The monoisotopic (exact) mass is 338 g/mol. The molecule has 0 amide bonds. The quantitative estimate of drug-likeness (QED) is 0.631. The van der Waals surface area contributed by atoms with Gasteiger partial charge in [0, 0.05) is 0 Å². The van der Waals surface area contributed by atoms with E-state index in [4.69, 9.17) is 23.2 Å². The van der Waals surface area contributed by atoms with Gasteiger partial charge in [-0.1, -0.05) is 48.2 Å². The summed E-state index contributed by atoms with van der Waals surface area (Å²) in [5.41, 5.74) is 2.32. The van der Waals surface area contributed by atoms with Gasteiger partial charge in [-0.15, -0.1) is 0 Å². The Morgan fingerprint density at radius 1 is 0.636 bits per heavy atom. The van der Waals surface area contributed by atoms with Crippen LogP contribution in [0.5, 0.6) is 11.5 Å². The molecule has 0 heterocycles. The van der Waals surface area contributed by atoms with Crippen molar-refractivity contribution in [2.45, 2.75) is 38.5 Å². The minimum absolute atomic E-state index is 0.137. The summed E-state index contributed by atoms with van der Waals surface area (Å²) < 4.78 is 0. The van der Waals surface area contributed by atoms with E-state index in [0.717, 1.165) is 49.7 Å². The van der Waals surface area contributed by atoms with Crippen LogP contribution >= 0.6 is 23.2 Å². The Balaban J connectivity index is 1.65. The molecule has 4 heteroatoms. The average Bonchev–Trinajstić information content (AvgIpc) is 2.50. The van der Waals surface area contributed by atoms with E-state index < -0.39 is 0 Å². The van der Waals surface area contributed by atoms with Crippen LogP contribution in [0.1, 0.15) is 36.8 Å². The maximum atomic E-state index is 9.37. The van der Waals surface area contributed by atoms with E-state index in [1.54, 1.807) is 12.1 Å². The first-order valence-corrected chi connectivity index (χ1v) is 8.26. The summed E-state index contributed by atoms with van der Waals surface area (Å²) in [4.78, 5) is 0. The van der Waals surface area contributed by atoms with Gasteiger partial charge in [0.15, 0.2) is 0 Å². The van der Waals surface area contributed by atoms with E-state index in [1.165, 1.54) is 0 Å². The van der Waals surface area contributed by atoms with Gasteiger partial charge >= 0.3 is 0 Å². The standard InChI is InChI=1S/C18H20Cl2O2/c19-15-11-13(7-9-17(15)21)5-3-1-2-4-6-14-8-10-18(22)16(20)12-14/h7-12,21-22H,1-6H2. The first-order valence-electron chi connectivity index (χ1n) is 7.51. The maximum Gasteiger partial charge on any atom is 0.134 e. The Bertz CT molecular complexity index is 571. The minimum Gasteiger partial charge on any atom is -0.506 e. The lowest BCUT2D eigenvalue weighted by atomic mass is 10.0. The van der Waals surface area contributed by atoms with Gasteiger partial charge in [0.1, 0.15) is 11.5 Å². The summed E-state index contributed by atoms with van der Waals surface area (Å²) >= 11 is 11.8. The Morgan fingerprint density at radius 3 is 1.41 bits per heavy atom. The second-order valence-electron chi connectivity index (χ2n) is 5.49. The van der Waals surface area contributed by atoms with E-state index in [-0.39, 0.29) is 11.5 Å². The first kappa shape index (κ1) is 17.0. The highest BCUT2D eigenvalue weighted by atomic mass is 35.5. The predicted octanol–water partition coefficient (Wildman–Crippen LogP) is 5.75. The smallest absolute Gasteiger partial charge is 0.134 e. The van der Waals surface area contributed by atoms with Gasteiger partial charge in [-0.25, -0.2) is 0 Å². The number of benzene rings is 2. The summed E-state index contributed by atoms with van der Waals surface area (Å²) in [6, 6.07) is 10.8. The molecular formula is C18H20Cl2O2. The zero-order valence-corrected chi connectivity index (χ0v) is 13.9. The number of hydrogen-bond acceptors (Lipinski definition) is 2. The molecule has 0 aliphatic heterocycles. The fraction of sp³-hybridized carbons (Fsp3) is 0.333. The van der Waals surface area contributed by atoms with E-state index in [9.17, 15) is 10.2 Å². The van der Waals surface area contributed by atoms with Gasteiger partial charge in [-0.2, -0.15) is 0 Å². The van der Waals surface area contributed by atoms with Crippen LogP contribution in [0.4, 0.5) is 0 Å². The molecule has 2 aromatic rings. The van der Waals surface area contributed by atoms with Crippen molar-refractivity contribution < 1.29 is 10.2 Å². The molecule has 0 saturated carbocycles. The van der Waals surface area contributed by atoms with Crippen molar-refractivity contribution in [3.63, 3.8) is 0 Å². The van der Waals surface area contributed by atoms with Crippen LogP contribution in [0.25, 0.3) is 0 Å². The number of phenols is 2. The molecule has 0 bridgehead atoms. The lowest BCUT2D eigenvalue weighted by Crippen LogP contribution is -1.89. The zero-order valence-electron chi connectivity index (χ0n) is 12.4. The van der Waals surface area contributed by atoms with Crippen molar-refractivity contribution in [1.29, 1.82) is 0 Å². The third-order valence-corrected chi connectivity index (χ3v) is 4.31. The Kier molecular flexibility index (Phi) is 6.41. The number of rotatable bonds is 7. The van der Waals surface area contributed by atoms with Crippen LogP contribution in [0, 0.1) is 0 Å².